The molecule has 4 nitrogen and oxygen atoms in total. The molecule has 3 heterocycles. The van der Waals surface area contributed by atoms with Crippen LogP contribution < -0.4 is 0 Å². The Labute approximate surface area is 161 Å². The Morgan fingerprint density at radius 3 is 2.78 bits per heavy atom. The molecule has 2 aromatic heterocycles. The molecule has 0 radical (unpaired) electrons. The van der Waals surface area contributed by atoms with Crippen molar-refractivity contribution in [1.29, 1.82) is 0 Å². The van der Waals surface area contributed by atoms with Gasteiger partial charge in [0.15, 0.2) is 0 Å². The molecule has 4 rings (SSSR count). The Morgan fingerprint density at radius 1 is 1.22 bits per heavy atom. The number of benzene rings is 1. The first-order valence-corrected chi connectivity index (χ1v) is 9.75. The first-order valence-electron chi connectivity index (χ1n) is 8.87. The number of carbonyl (C=O) groups is 1. The lowest BCUT2D eigenvalue weighted by molar-refractivity contribution is -0.126. The van der Waals surface area contributed by atoms with Crippen molar-refractivity contribution in [1.82, 2.24) is 14.7 Å². The van der Waals surface area contributed by atoms with E-state index in [1.807, 2.05) is 24.8 Å². The first-order chi connectivity index (χ1) is 13.0. The second kappa shape index (κ2) is 7.12. The first kappa shape index (κ1) is 17.7. The number of amides is 1. The number of nitrogens with zero attached hydrogens (tertiary/aromatic N) is 3. The largest absolute Gasteiger partial charge is 0.334 e. The fourth-order valence-electron chi connectivity index (χ4n) is 3.43. The summed E-state index contributed by atoms with van der Waals surface area (Å²) in [6.07, 6.45) is 4.39. The van der Waals surface area contributed by atoms with Crippen LogP contribution in [0.5, 0.6) is 0 Å². The van der Waals surface area contributed by atoms with E-state index in [-0.39, 0.29) is 11.7 Å². The average Bonchev–Trinajstić information content (AvgIpc) is 3.24. The minimum atomic E-state index is -0.277. The molecular weight excluding hydrogens is 361 g/mol. The molecule has 1 aliphatic heterocycles. The smallest absolute Gasteiger partial charge is 0.246 e. The van der Waals surface area contributed by atoms with Crippen molar-refractivity contribution in [2.75, 3.05) is 6.54 Å². The van der Waals surface area contributed by atoms with Crippen LogP contribution in [0.25, 0.3) is 11.8 Å². The van der Waals surface area contributed by atoms with Gasteiger partial charge in [0.1, 0.15) is 5.82 Å². The lowest BCUT2D eigenvalue weighted by atomic mass is 10.1. The predicted octanol–water partition coefficient (Wildman–Crippen LogP) is 4.29. The third kappa shape index (κ3) is 3.45. The Morgan fingerprint density at radius 2 is 2.00 bits per heavy atom. The Kier molecular flexibility index (Phi) is 4.66. The van der Waals surface area contributed by atoms with Crippen LogP contribution >= 0.6 is 11.3 Å². The maximum atomic E-state index is 13.2. The van der Waals surface area contributed by atoms with Gasteiger partial charge in [-0.2, -0.15) is 5.10 Å². The summed E-state index contributed by atoms with van der Waals surface area (Å²) in [5, 5.41) is 6.63. The quantitative estimate of drug-likeness (QED) is 0.635. The monoisotopic (exact) mass is 381 g/mol. The number of thiophene rings is 1. The fourth-order valence-corrected chi connectivity index (χ4v) is 4.32. The summed E-state index contributed by atoms with van der Waals surface area (Å²) in [4.78, 5) is 15.9. The van der Waals surface area contributed by atoms with E-state index in [4.69, 9.17) is 0 Å². The summed E-state index contributed by atoms with van der Waals surface area (Å²) in [5.74, 6) is -0.263. The van der Waals surface area contributed by atoms with E-state index < -0.39 is 0 Å². The lowest BCUT2D eigenvalue weighted by Crippen LogP contribution is -2.34. The minimum Gasteiger partial charge on any atom is -0.334 e. The molecule has 0 spiro atoms. The molecule has 0 atom stereocenters. The van der Waals surface area contributed by atoms with Crippen LogP contribution in [0.1, 0.15) is 27.4 Å². The van der Waals surface area contributed by atoms with Crippen molar-refractivity contribution >= 4 is 23.3 Å². The van der Waals surface area contributed by atoms with Crippen LogP contribution in [0, 0.1) is 19.7 Å². The molecule has 0 aliphatic carbocycles. The summed E-state index contributed by atoms with van der Waals surface area (Å²) >= 11 is 1.76. The highest BCUT2D eigenvalue weighted by Crippen LogP contribution is 2.24. The normalized spacial score (nSPS) is 14.0. The van der Waals surface area contributed by atoms with Crippen LogP contribution in [-0.2, 0) is 17.8 Å². The predicted molar refractivity (Wildman–Crippen MR) is 105 cm³/mol. The highest BCUT2D eigenvalue weighted by atomic mass is 32.1. The van der Waals surface area contributed by atoms with E-state index in [9.17, 15) is 9.18 Å². The van der Waals surface area contributed by atoms with Gasteiger partial charge >= 0.3 is 0 Å². The van der Waals surface area contributed by atoms with Crippen LogP contribution in [0.2, 0.25) is 0 Å². The van der Waals surface area contributed by atoms with Crippen molar-refractivity contribution < 1.29 is 9.18 Å². The van der Waals surface area contributed by atoms with E-state index in [2.05, 4.69) is 16.5 Å². The molecule has 1 aliphatic rings. The zero-order chi connectivity index (χ0) is 19.0. The number of hydrogen-bond acceptors (Lipinski definition) is 3. The van der Waals surface area contributed by atoms with Gasteiger partial charge in [-0.3, -0.25) is 4.79 Å². The van der Waals surface area contributed by atoms with E-state index in [1.54, 1.807) is 34.2 Å². The van der Waals surface area contributed by atoms with E-state index in [0.717, 1.165) is 35.6 Å². The van der Waals surface area contributed by atoms with Gasteiger partial charge in [0.05, 0.1) is 11.4 Å². The highest BCUT2D eigenvalue weighted by Gasteiger charge is 2.20. The van der Waals surface area contributed by atoms with Crippen LogP contribution in [-0.4, -0.2) is 27.1 Å². The average molecular weight is 381 g/mol. The molecule has 0 unspecified atom stereocenters. The summed E-state index contributed by atoms with van der Waals surface area (Å²) in [7, 11) is 0. The standard InChI is InChI=1S/C21H20FN3OS/c1-14-19(15(2)25(23-14)18-5-3-17(22)4-6-18)7-8-21(26)24-11-9-20-16(13-24)10-12-27-20/h3-8,10,12H,9,11,13H2,1-2H3/b8-7+. The number of hydrogen-bond donors (Lipinski definition) is 0. The number of aryl methyl sites for hydroxylation is 1. The number of halogens is 1. The van der Waals surface area contributed by atoms with Gasteiger partial charge in [-0.1, -0.05) is 0 Å². The van der Waals surface area contributed by atoms with Gasteiger partial charge in [-0.25, -0.2) is 9.07 Å². The zero-order valence-corrected chi connectivity index (χ0v) is 16.1. The molecule has 0 saturated carbocycles. The zero-order valence-electron chi connectivity index (χ0n) is 15.3. The van der Waals surface area contributed by atoms with Crippen LogP contribution in [0.15, 0.2) is 41.8 Å². The van der Waals surface area contributed by atoms with Gasteiger partial charge in [-0.15, -0.1) is 11.3 Å². The SMILES string of the molecule is Cc1nn(-c2ccc(F)cc2)c(C)c1/C=C/C(=O)N1CCc2sccc2C1. The highest BCUT2D eigenvalue weighted by molar-refractivity contribution is 7.10. The summed E-state index contributed by atoms with van der Waals surface area (Å²) in [6, 6.07) is 8.32. The molecule has 0 saturated heterocycles. The Hall–Kier alpha value is -2.73. The van der Waals surface area contributed by atoms with E-state index in [0.29, 0.717) is 6.54 Å². The summed E-state index contributed by atoms with van der Waals surface area (Å²) in [5.41, 5.74) is 4.72. The topological polar surface area (TPSA) is 38.1 Å². The molecular formula is C21H20FN3OS. The Bertz CT molecular complexity index is 1020. The van der Waals surface area contributed by atoms with E-state index >= 15 is 0 Å². The molecule has 0 bridgehead atoms. The number of carbonyl (C=O) groups excluding carboxylic acids is 1. The van der Waals surface area contributed by atoms with Gasteiger partial charge in [0.25, 0.3) is 0 Å². The number of aromatic nitrogens is 2. The van der Waals surface area contributed by atoms with Gasteiger partial charge < -0.3 is 4.90 Å². The van der Waals surface area contributed by atoms with Gasteiger partial charge in [0, 0.05) is 35.3 Å². The molecule has 27 heavy (non-hydrogen) atoms. The maximum Gasteiger partial charge on any atom is 0.246 e. The second-order valence-electron chi connectivity index (χ2n) is 6.68. The minimum absolute atomic E-state index is 0.0141. The molecule has 6 heteroatoms. The molecule has 1 aromatic carbocycles. The number of fused-ring (bicyclic) bond motifs is 1. The van der Waals surface area contributed by atoms with Crippen molar-refractivity contribution in [3.05, 3.63) is 75.0 Å². The summed E-state index contributed by atoms with van der Waals surface area (Å²) < 4.78 is 14.9. The molecule has 138 valence electrons. The third-order valence-electron chi connectivity index (χ3n) is 4.93. The molecule has 3 aromatic rings. The summed E-state index contributed by atoms with van der Waals surface area (Å²) in [6.45, 7) is 5.29. The van der Waals surface area contributed by atoms with Crippen LogP contribution in [0.4, 0.5) is 4.39 Å². The van der Waals surface area contributed by atoms with E-state index in [1.165, 1.54) is 22.6 Å². The lowest BCUT2D eigenvalue weighted by Gasteiger charge is -2.25. The van der Waals surface area contributed by atoms with Crippen molar-refractivity contribution in [3.63, 3.8) is 0 Å². The molecule has 1 amide bonds. The maximum absolute atomic E-state index is 13.2. The van der Waals surface area contributed by atoms with Crippen molar-refractivity contribution in [2.24, 2.45) is 0 Å². The fraction of sp³-hybridized carbons (Fsp3) is 0.238. The second-order valence-corrected chi connectivity index (χ2v) is 7.69. The van der Waals surface area contributed by atoms with Gasteiger partial charge in [0.2, 0.25) is 5.91 Å². The van der Waals surface area contributed by atoms with Crippen molar-refractivity contribution in [2.45, 2.75) is 26.8 Å². The third-order valence-corrected chi connectivity index (χ3v) is 5.95. The van der Waals surface area contributed by atoms with Crippen LogP contribution in [0.3, 0.4) is 0 Å². The molecule has 0 N–H and O–H groups in total. The van der Waals surface area contributed by atoms with Gasteiger partial charge in [-0.05, 0) is 67.6 Å². The Balaban J connectivity index is 1.54. The molecule has 0 fully saturated rings. The van der Waals surface area contributed by atoms with Crippen molar-refractivity contribution in [3.8, 4) is 5.69 Å². The number of rotatable bonds is 3.